The summed E-state index contributed by atoms with van der Waals surface area (Å²) >= 11 is 0. The van der Waals surface area contributed by atoms with Gasteiger partial charge in [0.05, 0.1) is 17.1 Å². The van der Waals surface area contributed by atoms with Gasteiger partial charge in [0.25, 0.3) is 0 Å². The van der Waals surface area contributed by atoms with Crippen molar-refractivity contribution in [2.24, 2.45) is 0 Å². The fourth-order valence-corrected chi connectivity index (χ4v) is 2.90. The van der Waals surface area contributed by atoms with E-state index in [1.54, 1.807) is 25.1 Å². The molecule has 0 spiro atoms. The number of nitrogen functional groups attached to an aromatic ring is 1. The number of aromatic nitrogens is 2. The van der Waals surface area contributed by atoms with Gasteiger partial charge in [-0.15, -0.1) is 0 Å². The Labute approximate surface area is 161 Å². The van der Waals surface area contributed by atoms with E-state index < -0.39 is 11.8 Å². The number of nitrogens with two attached hydrogens (primary N) is 1. The lowest BCUT2D eigenvalue weighted by Gasteiger charge is -2.17. The molecule has 0 saturated carbocycles. The molecule has 2 aromatic heterocycles. The molecule has 6 nitrogen and oxygen atoms in total. The van der Waals surface area contributed by atoms with Crippen molar-refractivity contribution in [3.63, 3.8) is 0 Å². The Bertz CT molecular complexity index is 1100. The zero-order valence-electron chi connectivity index (χ0n) is 15.5. The molecular weight excluding hydrogens is 359 g/mol. The molecule has 0 unspecified atom stereocenters. The number of allylic oxidation sites excluding steroid dienone is 1. The number of hydrogen-bond donors (Lipinski definition) is 3. The van der Waals surface area contributed by atoms with E-state index in [-0.39, 0.29) is 11.4 Å². The lowest BCUT2D eigenvalue weighted by Crippen LogP contribution is -2.07. The molecule has 28 heavy (non-hydrogen) atoms. The van der Waals surface area contributed by atoms with Crippen LogP contribution in [0.25, 0.3) is 16.8 Å². The minimum Gasteiger partial charge on any atom is -0.478 e. The number of nitrogens with one attached hydrogen (secondary N) is 1. The van der Waals surface area contributed by atoms with Crippen LogP contribution < -0.4 is 11.1 Å². The summed E-state index contributed by atoms with van der Waals surface area (Å²) in [5.41, 5.74) is 9.60. The summed E-state index contributed by atoms with van der Waals surface area (Å²) < 4.78 is 14.4. The summed E-state index contributed by atoms with van der Waals surface area (Å²) in [4.78, 5) is 19.7. The summed E-state index contributed by atoms with van der Waals surface area (Å²) in [6, 6.07) is 7.88. The average molecular weight is 378 g/mol. The minimum atomic E-state index is -1.13. The Hall–Kier alpha value is -3.74. The Morgan fingerprint density at radius 1 is 1.25 bits per heavy atom. The average Bonchev–Trinajstić information content (AvgIpc) is 2.63. The van der Waals surface area contributed by atoms with Gasteiger partial charge in [-0.05, 0) is 43.7 Å². The van der Waals surface area contributed by atoms with Gasteiger partial charge in [-0.3, -0.25) is 4.98 Å². The van der Waals surface area contributed by atoms with Crippen LogP contribution >= 0.6 is 0 Å². The van der Waals surface area contributed by atoms with Crippen molar-refractivity contribution in [3.05, 3.63) is 71.8 Å². The predicted molar refractivity (Wildman–Crippen MR) is 108 cm³/mol. The van der Waals surface area contributed by atoms with E-state index >= 15 is 0 Å². The van der Waals surface area contributed by atoms with Crippen LogP contribution in [0, 0.1) is 12.7 Å². The van der Waals surface area contributed by atoms with Gasteiger partial charge >= 0.3 is 5.97 Å². The van der Waals surface area contributed by atoms with Crippen molar-refractivity contribution in [3.8, 4) is 11.3 Å². The van der Waals surface area contributed by atoms with Crippen LogP contribution in [0.4, 0.5) is 21.6 Å². The van der Waals surface area contributed by atoms with E-state index in [4.69, 9.17) is 5.73 Å². The van der Waals surface area contributed by atoms with Crippen LogP contribution in [0.15, 0.2) is 49.3 Å². The van der Waals surface area contributed by atoms with Gasteiger partial charge in [0.1, 0.15) is 17.2 Å². The fourth-order valence-electron chi connectivity index (χ4n) is 2.90. The molecule has 1 aromatic carbocycles. The van der Waals surface area contributed by atoms with E-state index in [0.717, 1.165) is 5.56 Å². The van der Waals surface area contributed by atoms with Crippen molar-refractivity contribution in [2.45, 2.75) is 13.8 Å². The highest BCUT2D eigenvalue weighted by Crippen LogP contribution is 2.35. The van der Waals surface area contributed by atoms with E-state index in [9.17, 15) is 14.3 Å². The molecule has 0 radical (unpaired) electrons. The molecule has 7 heteroatoms. The van der Waals surface area contributed by atoms with E-state index in [1.165, 1.54) is 24.5 Å². The smallest absolute Gasteiger partial charge is 0.339 e. The van der Waals surface area contributed by atoms with Crippen LogP contribution in [-0.4, -0.2) is 21.0 Å². The number of carboxylic acids is 1. The molecule has 3 rings (SSSR count). The third kappa shape index (κ3) is 3.68. The number of carbonyl (C=O) groups is 1. The number of halogens is 1. The van der Waals surface area contributed by atoms with Crippen LogP contribution in [0.5, 0.6) is 0 Å². The topological polar surface area (TPSA) is 101 Å². The number of benzene rings is 1. The van der Waals surface area contributed by atoms with Gasteiger partial charge in [-0.1, -0.05) is 18.2 Å². The number of nitrogens with zero attached hydrogens (tertiary/aromatic N) is 2. The molecular formula is C21H19FN4O2. The van der Waals surface area contributed by atoms with Crippen molar-refractivity contribution < 1.29 is 14.3 Å². The maximum absolute atomic E-state index is 14.4. The number of rotatable bonds is 5. The molecule has 0 aliphatic carbocycles. The first-order valence-electron chi connectivity index (χ1n) is 8.45. The van der Waals surface area contributed by atoms with Crippen molar-refractivity contribution in [1.29, 1.82) is 0 Å². The van der Waals surface area contributed by atoms with E-state index in [0.29, 0.717) is 33.8 Å². The Kier molecular flexibility index (Phi) is 5.08. The summed E-state index contributed by atoms with van der Waals surface area (Å²) in [6.07, 6.45) is 2.72. The number of aryl methyl sites for hydroxylation is 1. The largest absolute Gasteiger partial charge is 0.478 e. The molecule has 0 saturated heterocycles. The maximum atomic E-state index is 14.4. The predicted octanol–water partition coefficient (Wildman–Crippen LogP) is 4.65. The Morgan fingerprint density at radius 2 is 2.00 bits per heavy atom. The summed E-state index contributed by atoms with van der Waals surface area (Å²) in [6.45, 7) is 7.53. The first-order valence-corrected chi connectivity index (χ1v) is 8.45. The van der Waals surface area contributed by atoms with Gasteiger partial charge in [0, 0.05) is 23.5 Å². The second-order valence-corrected chi connectivity index (χ2v) is 6.43. The number of aromatic carboxylic acids is 1. The van der Waals surface area contributed by atoms with Gasteiger partial charge in [0.15, 0.2) is 0 Å². The van der Waals surface area contributed by atoms with Crippen molar-refractivity contribution >= 4 is 28.7 Å². The molecule has 3 aromatic rings. The molecule has 0 amide bonds. The number of hydrogen-bond acceptors (Lipinski definition) is 5. The first kappa shape index (κ1) is 19.0. The summed E-state index contributed by atoms with van der Waals surface area (Å²) in [5, 5.41) is 12.5. The Balaban J connectivity index is 2.19. The summed E-state index contributed by atoms with van der Waals surface area (Å²) in [7, 11) is 0. The first-order chi connectivity index (χ1) is 13.3. The van der Waals surface area contributed by atoms with E-state index in [1.807, 2.05) is 6.92 Å². The third-order valence-electron chi connectivity index (χ3n) is 4.19. The zero-order valence-corrected chi connectivity index (χ0v) is 15.5. The lowest BCUT2D eigenvalue weighted by atomic mass is 10.0. The lowest BCUT2D eigenvalue weighted by molar-refractivity contribution is 0.0697. The molecule has 142 valence electrons. The standard InChI is InChI=1S/C21H19FN4O2/c1-11(2)19-18(25-16-6-7-24-10-14(16)21(27)28)9-17(26-20(19)23)13-8-12(3)4-5-15(13)22/h4-10H,1H2,2-3H3,(H,27,28)(H3,23,24,25,26). The second-order valence-electron chi connectivity index (χ2n) is 6.43. The van der Waals surface area contributed by atoms with Crippen LogP contribution in [0.3, 0.4) is 0 Å². The van der Waals surface area contributed by atoms with Crippen LogP contribution in [0.2, 0.25) is 0 Å². The zero-order chi connectivity index (χ0) is 20.4. The maximum Gasteiger partial charge on any atom is 0.339 e. The fraction of sp³-hybridized carbons (Fsp3) is 0.0952. The van der Waals surface area contributed by atoms with Gasteiger partial charge in [-0.25, -0.2) is 14.2 Å². The Morgan fingerprint density at radius 3 is 2.68 bits per heavy atom. The normalized spacial score (nSPS) is 10.5. The highest BCUT2D eigenvalue weighted by molar-refractivity contribution is 5.96. The highest BCUT2D eigenvalue weighted by Gasteiger charge is 2.17. The monoisotopic (exact) mass is 378 g/mol. The van der Waals surface area contributed by atoms with Crippen molar-refractivity contribution in [2.75, 3.05) is 11.1 Å². The van der Waals surface area contributed by atoms with E-state index in [2.05, 4.69) is 21.9 Å². The number of anilines is 3. The molecule has 0 aliphatic heterocycles. The van der Waals surface area contributed by atoms with Crippen LogP contribution in [0.1, 0.15) is 28.4 Å². The number of carboxylic acid groups (broad SMARTS) is 1. The SMILES string of the molecule is C=C(C)c1c(Nc2ccncc2C(=O)O)cc(-c2cc(C)ccc2F)nc1N. The second kappa shape index (κ2) is 7.48. The highest BCUT2D eigenvalue weighted by atomic mass is 19.1. The van der Waals surface area contributed by atoms with Gasteiger partial charge < -0.3 is 16.2 Å². The molecule has 0 bridgehead atoms. The molecule has 0 fully saturated rings. The molecule has 2 heterocycles. The molecule has 0 aliphatic rings. The molecule has 0 atom stereocenters. The molecule has 4 N–H and O–H groups in total. The minimum absolute atomic E-state index is 0.00571. The third-order valence-corrected chi connectivity index (χ3v) is 4.19. The van der Waals surface area contributed by atoms with Crippen molar-refractivity contribution in [1.82, 2.24) is 9.97 Å². The quantitative estimate of drug-likeness (QED) is 0.597. The number of pyridine rings is 2. The van der Waals surface area contributed by atoms with Crippen LogP contribution in [-0.2, 0) is 0 Å². The van der Waals surface area contributed by atoms with Gasteiger partial charge in [-0.2, -0.15) is 0 Å². The van der Waals surface area contributed by atoms with Gasteiger partial charge in [0.2, 0.25) is 0 Å². The summed E-state index contributed by atoms with van der Waals surface area (Å²) in [5.74, 6) is -1.39.